The third-order valence-corrected chi connectivity index (χ3v) is 5.19. The minimum absolute atomic E-state index is 0.283. The molecule has 0 aromatic carbocycles. The van der Waals surface area contributed by atoms with Crippen LogP contribution in [0.2, 0.25) is 0 Å². The second kappa shape index (κ2) is 5.92. The van der Waals surface area contributed by atoms with E-state index in [9.17, 15) is 8.42 Å². The first-order valence-corrected chi connectivity index (χ1v) is 7.81. The monoisotopic (exact) mass is 277 g/mol. The molecule has 2 heterocycles. The molecule has 7 heteroatoms. The average Bonchev–Trinajstić information content (AvgIpc) is 2.84. The van der Waals surface area contributed by atoms with Crippen molar-refractivity contribution >= 4 is 21.4 Å². The predicted octanol–water partition coefficient (Wildman–Crippen LogP) is 1.18. The van der Waals surface area contributed by atoms with Crippen molar-refractivity contribution in [3.8, 4) is 0 Å². The lowest BCUT2D eigenvalue weighted by atomic mass is 10.4. The normalized spacial score (nSPS) is 18.4. The van der Waals surface area contributed by atoms with Gasteiger partial charge in [0.15, 0.2) is 6.29 Å². The first-order valence-electron chi connectivity index (χ1n) is 5.45. The molecular weight excluding hydrogens is 262 g/mol. The molecule has 0 amide bonds. The van der Waals surface area contributed by atoms with Gasteiger partial charge in [-0.15, -0.1) is 11.3 Å². The fraction of sp³-hybridized carbons (Fsp3) is 0.600. The Kier molecular flexibility index (Phi) is 4.52. The second-order valence-electron chi connectivity index (χ2n) is 3.64. The van der Waals surface area contributed by atoms with Gasteiger partial charge in [-0.25, -0.2) is 13.1 Å². The van der Waals surface area contributed by atoms with Gasteiger partial charge in [-0.05, 0) is 17.9 Å². The van der Waals surface area contributed by atoms with Gasteiger partial charge in [-0.3, -0.25) is 0 Å². The van der Waals surface area contributed by atoms with E-state index >= 15 is 0 Å². The number of thiophene rings is 1. The van der Waals surface area contributed by atoms with Crippen molar-refractivity contribution in [2.75, 3.05) is 19.8 Å². The van der Waals surface area contributed by atoms with Gasteiger partial charge in [-0.1, -0.05) is 6.07 Å². The molecule has 0 bridgehead atoms. The van der Waals surface area contributed by atoms with E-state index < -0.39 is 10.0 Å². The quantitative estimate of drug-likeness (QED) is 0.877. The molecule has 1 aliphatic heterocycles. The molecule has 0 radical (unpaired) electrons. The van der Waals surface area contributed by atoms with Crippen LogP contribution < -0.4 is 4.72 Å². The van der Waals surface area contributed by atoms with Crippen LogP contribution in [-0.2, 0) is 19.5 Å². The molecule has 1 aromatic rings. The Hall–Kier alpha value is -0.470. The first kappa shape index (κ1) is 13.0. The highest BCUT2D eigenvalue weighted by molar-refractivity contribution is 7.91. The largest absolute Gasteiger partial charge is 0.353 e. The minimum Gasteiger partial charge on any atom is -0.353 e. The van der Waals surface area contributed by atoms with E-state index in [2.05, 4.69) is 4.72 Å². The molecule has 0 atom stereocenters. The van der Waals surface area contributed by atoms with Gasteiger partial charge in [0.05, 0.1) is 13.2 Å². The van der Waals surface area contributed by atoms with E-state index in [1.165, 1.54) is 11.3 Å². The molecule has 0 spiro atoms. The van der Waals surface area contributed by atoms with Crippen molar-refractivity contribution in [2.24, 2.45) is 0 Å². The second-order valence-corrected chi connectivity index (χ2v) is 6.58. The number of ether oxygens (including phenoxy) is 2. The third-order valence-electron chi connectivity index (χ3n) is 2.33. The van der Waals surface area contributed by atoms with Crippen LogP contribution in [0.25, 0.3) is 0 Å². The first-order chi connectivity index (χ1) is 8.18. The van der Waals surface area contributed by atoms with Crippen molar-refractivity contribution < 1.29 is 17.9 Å². The molecule has 0 unspecified atom stereocenters. The van der Waals surface area contributed by atoms with Gasteiger partial charge in [0.25, 0.3) is 0 Å². The van der Waals surface area contributed by atoms with Gasteiger partial charge in [0, 0.05) is 13.0 Å². The molecule has 1 fully saturated rings. The number of sulfonamides is 1. The lowest BCUT2D eigenvalue weighted by Crippen LogP contribution is -2.31. The van der Waals surface area contributed by atoms with Crippen LogP contribution in [0.3, 0.4) is 0 Å². The van der Waals surface area contributed by atoms with Gasteiger partial charge in [-0.2, -0.15) is 0 Å². The Morgan fingerprint density at radius 1 is 1.41 bits per heavy atom. The van der Waals surface area contributed by atoms with Gasteiger partial charge in [0.1, 0.15) is 4.21 Å². The highest BCUT2D eigenvalue weighted by Gasteiger charge is 2.17. The number of nitrogens with one attached hydrogen (secondary N) is 1. The molecule has 1 aliphatic rings. The van der Waals surface area contributed by atoms with Crippen molar-refractivity contribution in [2.45, 2.75) is 23.3 Å². The zero-order valence-corrected chi connectivity index (χ0v) is 10.9. The Morgan fingerprint density at radius 3 is 2.82 bits per heavy atom. The molecular formula is C10H15NO4S2. The number of hydrogen-bond donors (Lipinski definition) is 1. The fourth-order valence-corrected chi connectivity index (χ4v) is 3.59. The molecule has 1 saturated heterocycles. The predicted molar refractivity (Wildman–Crippen MR) is 64.4 cm³/mol. The fourth-order valence-electron chi connectivity index (χ4n) is 1.50. The third kappa shape index (κ3) is 3.75. The standard InChI is InChI=1S/C10H15NO4S2/c12-17(13,10-3-1-8-16-10)11-5-4-9-14-6-2-7-15-9/h1,3,8-9,11H,2,4-7H2. The van der Waals surface area contributed by atoms with Crippen molar-refractivity contribution in [3.63, 3.8) is 0 Å². The van der Waals surface area contributed by atoms with Gasteiger partial charge < -0.3 is 9.47 Å². The van der Waals surface area contributed by atoms with Crippen LogP contribution in [0.4, 0.5) is 0 Å². The summed E-state index contributed by atoms with van der Waals surface area (Å²) in [4.78, 5) is 0. The molecule has 17 heavy (non-hydrogen) atoms. The van der Waals surface area contributed by atoms with Crippen LogP contribution in [0, 0.1) is 0 Å². The van der Waals surface area contributed by atoms with E-state index in [-0.39, 0.29) is 6.29 Å². The van der Waals surface area contributed by atoms with Gasteiger partial charge in [0.2, 0.25) is 10.0 Å². The maximum Gasteiger partial charge on any atom is 0.250 e. The summed E-state index contributed by atoms with van der Waals surface area (Å²) in [5.41, 5.74) is 0. The summed E-state index contributed by atoms with van der Waals surface area (Å²) >= 11 is 1.20. The van der Waals surface area contributed by atoms with Crippen molar-refractivity contribution in [1.82, 2.24) is 4.72 Å². The van der Waals surface area contributed by atoms with E-state index in [0.717, 1.165) is 6.42 Å². The van der Waals surface area contributed by atoms with Crippen LogP contribution in [-0.4, -0.2) is 34.5 Å². The summed E-state index contributed by atoms with van der Waals surface area (Å²) in [6, 6.07) is 3.30. The summed E-state index contributed by atoms with van der Waals surface area (Å²) in [5, 5.41) is 1.74. The Labute approximate surface area is 105 Å². The molecule has 0 aliphatic carbocycles. The average molecular weight is 277 g/mol. The summed E-state index contributed by atoms with van der Waals surface area (Å²) < 4.78 is 37.0. The summed E-state index contributed by atoms with van der Waals surface area (Å²) in [6.45, 7) is 1.69. The Morgan fingerprint density at radius 2 is 2.18 bits per heavy atom. The summed E-state index contributed by atoms with van der Waals surface area (Å²) in [7, 11) is -3.36. The maximum absolute atomic E-state index is 11.8. The topological polar surface area (TPSA) is 64.6 Å². The molecule has 5 nitrogen and oxygen atoms in total. The van der Waals surface area contributed by atoms with Crippen LogP contribution in [0.5, 0.6) is 0 Å². The Balaban J connectivity index is 1.78. The SMILES string of the molecule is O=S(=O)(NCCC1OCCCO1)c1cccs1. The highest BCUT2D eigenvalue weighted by atomic mass is 32.2. The van der Waals surface area contributed by atoms with Crippen LogP contribution in [0.15, 0.2) is 21.7 Å². The van der Waals surface area contributed by atoms with E-state index in [1.807, 2.05) is 0 Å². The highest BCUT2D eigenvalue weighted by Crippen LogP contribution is 2.15. The van der Waals surface area contributed by atoms with Crippen LogP contribution in [0.1, 0.15) is 12.8 Å². The number of rotatable bonds is 5. The summed E-state index contributed by atoms with van der Waals surface area (Å²) in [6.07, 6.45) is 1.15. The summed E-state index contributed by atoms with van der Waals surface area (Å²) in [5.74, 6) is 0. The Bertz CT molecular complexity index is 423. The van der Waals surface area contributed by atoms with E-state index in [4.69, 9.17) is 9.47 Å². The minimum atomic E-state index is -3.36. The van der Waals surface area contributed by atoms with Gasteiger partial charge >= 0.3 is 0 Å². The van der Waals surface area contributed by atoms with E-state index in [1.54, 1.807) is 17.5 Å². The van der Waals surface area contributed by atoms with E-state index in [0.29, 0.717) is 30.4 Å². The zero-order valence-electron chi connectivity index (χ0n) is 9.29. The lowest BCUT2D eigenvalue weighted by molar-refractivity contribution is -0.180. The molecule has 2 rings (SSSR count). The van der Waals surface area contributed by atoms with Crippen LogP contribution >= 0.6 is 11.3 Å². The molecule has 1 aromatic heterocycles. The maximum atomic E-state index is 11.8. The zero-order chi connectivity index (χ0) is 12.1. The molecule has 0 saturated carbocycles. The lowest BCUT2D eigenvalue weighted by Gasteiger charge is -2.23. The molecule has 96 valence electrons. The smallest absolute Gasteiger partial charge is 0.250 e. The number of hydrogen-bond acceptors (Lipinski definition) is 5. The van der Waals surface area contributed by atoms with Crippen molar-refractivity contribution in [3.05, 3.63) is 17.5 Å². The van der Waals surface area contributed by atoms with Crippen molar-refractivity contribution in [1.29, 1.82) is 0 Å². The molecule has 1 N–H and O–H groups in total.